The highest BCUT2D eigenvalue weighted by molar-refractivity contribution is 7.45. The lowest BCUT2D eigenvalue weighted by Gasteiger charge is -2.30. The SMILES string of the molecule is CC/C=C\C/C=C\C/C=C\C/C=C\C/C=C\CCCCCCCCCCCCCCCCCCCCCCCCCCCC(=O)NC(COP(=O)([O-])OCC[N+](C)(C)C)C(O)CCCCCCCCCCCCCCCCCC. The number of allylic oxidation sites excluding steroid dienone is 10. The zero-order valence-electron chi connectivity index (χ0n) is 53.1. The molecule has 8 nitrogen and oxygen atoms in total. The van der Waals surface area contributed by atoms with Gasteiger partial charge in [0.1, 0.15) is 13.2 Å². The lowest BCUT2D eigenvalue weighted by Crippen LogP contribution is -2.46. The summed E-state index contributed by atoms with van der Waals surface area (Å²) in [7, 11) is 1.32. The van der Waals surface area contributed by atoms with Crippen molar-refractivity contribution in [2.24, 2.45) is 0 Å². The van der Waals surface area contributed by atoms with Gasteiger partial charge in [-0.1, -0.05) is 325 Å². The number of rotatable bonds is 63. The van der Waals surface area contributed by atoms with Gasteiger partial charge in [-0.15, -0.1) is 0 Å². The van der Waals surface area contributed by atoms with Crippen molar-refractivity contribution < 1.29 is 32.9 Å². The molecule has 0 saturated heterocycles. The van der Waals surface area contributed by atoms with E-state index in [-0.39, 0.29) is 19.1 Å². The van der Waals surface area contributed by atoms with Crippen LogP contribution in [0.4, 0.5) is 0 Å². The average Bonchev–Trinajstić information content (AvgIpc) is 3.42. The summed E-state index contributed by atoms with van der Waals surface area (Å²) >= 11 is 0. The summed E-state index contributed by atoms with van der Waals surface area (Å²) in [6.45, 7) is 4.64. The van der Waals surface area contributed by atoms with Crippen LogP contribution in [0.15, 0.2) is 60.8 Å². The van der Waals surface area contributed by atoms with Crippen molar-refractivity contribution in [2.75, 3.05) is 40.9 Å². The third-order valence-corrected chi connectivity index (χ3v) is 16.5. The Balaban J connectivity index is 3.87. The fraction of sp³-hybridized carbons (Fsp3) is 0.843. The molecule has 1 amide bonds. The molecule has 3 unspecified atom stereocenters. The third-order valence-electron chi connectivity index (χ3n) is 15.5. The van der Waals surface area contributed by atoms with Crippen molar-refractivity contribution in [2.45, 2.75) is 341 Å². The molecule has 79 heavy (non-hydrogen) atoms. The molecule has 464 valence electrons. The average molecular weight is 1130 g/mol. The number of phosphoric acid groups is 1. The summed E-state index contributed by atoms with van der Waals surface area (Å²) in [5.74, 6) is -0.159. The van der Waals surface area contributed by atoms with E-state index in [1.807, 2.05) is 21.1 Å². The molecule has 0 aromatic carbocycles. The minimum absolute atomic E-state index is 0.0139. The van der Waals surface area contributed by atoms with Gasteiger partial charge in [0.15, 0.2) is 0 Å². The number of aliphatic hydroxyl groups is 1. The number of aliphatic hydroxyl groups excluding tert-OH is 1. The Bertz CT molecular complexity index is 1470. The van der Waals surface area contributed by atoms with Crippen molar-refractivity contribution >= 4 is 13.7 Å². The van der Waals surface area contributed by atoms with E-state index in [1.165, 1.54) is 231 Å². The van der Waals surface area contributed by atoms with Crippen LogP contribution in [0.1, 0.15) is 328 Å². The first-order valence-corrected chi connectivity index (χ1v) is 35.6. The fourth-order valence-corrected chi connectivity index (χ4v) is 11.0. The van der Waals surface area contributed by atoms with Gasteiger partial charge in [0, 0.05) is 6.42 Å². The molecule has 0 heterocycles. The van der Waals surface area contributed by atoms with E-state index in [0.29, 0.717) is 23.9 Å². The summed E-state index contributed by atoms with van der Waals surface area (Å²) in [6, 6.07) is -0.799. The maximum absolute atomic E-state index is 13.0. The number of carbonyl (C=O) groups is 1. The number of quaternary nitrogens is 1. The zero-order chi connectivity index (χ0) is 57.7. The molecule has 0 aromatic heterocycles. The predicted molar refractivity (Wildman–Crippen MR) is 344 cm³/mol. The van der Waals surface area contributed by atoms with Gasteiger partial charge >= 0.3 is 0 Å². The van der Waals surface area contributed by atoms with E-state index in [4.69, 9.17) is 9.05 Å². The highest BCUT2D eigenvalue weighted by Crippen LogP contribution is 2.38. The van der Waals surface area contributed by atoms with Crippen molar-refractivity contribution in [3.8, 4) is 0 Å². The zero-order valence-corrected chi connectivity index (χ0v) is 54.0. The number of nitrogens with one attached hydrogen (secondary N) is 1. The van der Waals surface area contributed by atoms with Crippen LogP contribution in [-0.4, -0.2) is 68.5 Å². The van der Waals surface area contributed by atoms with Crippen LogP contribution in [0, 0.1) is 0 Å². The molecule has 0 aliphatic rings. The number of hydrogen-bond acceptors (Lipinski definition) is 6. The van der Waals surface area contributed by atoms with Gasteiger partial charge in [-0.3, -0.25) is 9.36 Å². The van der Waals surface area contributed by atoms with E-state index in [0.717, 1.165) is 70.6 Å². The highest BCUT2D eigenvalue weighted by atomic mass is 31.2. The van der Waals surface area contributed by atoms with E-state index >= 15 is 0 Å². The first-order valence-electron chi connectivity index (χ1n) is 34.1. The third kappa shape index (κ3) is 63.6. The Morgan fingerprint density at radius 3 is 1.13 bits per heavy atom. The largest absolute Gasteiger partial charge is 0.756 e. The number of hydrogen-bond donors (Lipinski definition) is 2. The van der Waals surface area contributed by atoms with Gasteiger partial charge in [-0.05, 0) is 57.8 Å². The summed E-state index contributed by atoms with van der Waals surface area (Å²) < 4.78 is 23.5. The molecular formula is C70H133N2O6P. The second-order valence-corrected chi connectivity index (χ2v) is 25.9. The molecule has 0 bridgehead atoms. The maximum Gasteiger partial charge on any atom is 0.268 e. The molecule has 9 heteroatoms. The number of amides is 1. The van der Waals surface area contributed by atoms with Crippen LogP contribution in [-0.2, 0) is 18.4 Å². The Morgan fingerprint density at radius 1 is 0.456 bits per heavy atom. The van der Waals surface area contributed by atoms with Crippen LogP contribution in [0.25, 0.3) is 0 Å². The first kappa shape index (κ1) is 77.2. The lowest BCUT2D eigenvalue weighted by molar-refractivity contribution is -0.870. The van der Waals surface area contributed by atoms with Gasteiger partial charge < -0.3 is 28.8 Å². The number of phosphoric ester groups is 1. The normalized spacial score (nSPS) is 14.1. The van der Waals surface area contributed by atoms with Crippen molar-refractivity contribution in [1.29, 1.82) is 0 Å². The number of unbranched alkanes of at least 4 members (excludes halogenated alkanes) is 40. The first-order chi connectivity index (χ1) is 38.5. The molecule has 0 aliphatic carbocycles. The maximum atomic E-state index is 13.0. The van der Waals surface area contributed by atoms with Crippen molar-refractivity contribution in [1.82, 2.24) is 5.32 Å². The summed E-state index contributed by atoms with van der Waals surface area (Å²) in [5, 5.41) is 14.0. The summed E-state index contributed by atoms with van der Waals surface area (Å²) in [6.07, 6.45) is 83.0. The molecule has 2 N–H and O–H groups in total. The summed E-state index contributed by atoms with van der Waals surface area (Å²) in [5.41, 5.74) is 0. The molecule has 0 saturated carbocycles. The molecule has 0 aliphatic heterocycles. The Morgan fingerprint density at radius 2 is 0.772 bits per heavy atom. The van der Waals surface area contributed by atoms with Crippen molar-refractivity contribution in [3.05, 3.63) is 60.8 Å². The van der Waals surface area contributed by atoms with Gasteiger partial charge in [0.2, 0.25) is 5.91 Å². The van der Waals surface area contributed by atoms with E-state index in [2.05, 4.69) is 79.9 Å². The smallest absolute Gasteiger partial charge is 0.268 e. The predicted octanol–water partition coefficient (Wildman–Crippen LogP) is 21.0. The molecule has 0 rings (SSSR count). The van der Waals surface area contributed by atoms with Crippen LogP contribution in [0.5, 0.6) is 0 Å². The van der Waals surface area contributed by atoms with E-state index in [1.54, 1.807) is 0 Å². The second kappa shape index (κ2) is 60.8. The van der Waals surface area contributed by atoms with E-state index < -0.39 is 20.0 Å². The number of carbonyl (C=O) groups excluding carboxylic acids is 1. The molecule has 0 fully saturated rings. The topological polar surface area (TPSA) is 108 Å². The highest BCUT2D eigenvalue weighted by Gasteiger charge is 2.24. The van der Waals surface area contributed by atoms with Crippen LogP contribution in [0.3, 0.4) is 0 Å². The monoisotopic (exact) mass is 1130 g/mol. The number of nitrogens with zero attached hydrogens (tertiary/aromatic N) is 1. The van der Waals surface area contributed by atoms with Gasteiger partial charge in [-0.25, -0.2) is 0 Å². The summed E-state index contributed by atoms with van der Waals surface area (Å²) in [4.78, 5) is 25.6. The van der Waals surface area contributed by atoms with Gasteiger partial charge in [0.05, 0.1) is 39.9 Å². The second-order valence-electron chi connectivity index (χ2n) is 24.5. The molecular weight excluding hydrogens is 996 g/mol. The molecule has 0 radical (unpaired) electrons. The minimum atomic E-state index is -4.57. The lowest BCUT2D eigenvalue weighted by atomic mass is 10.0. The Hall–Kier alpha value is -1.80. The Labute approximate surface area is 492 Å². The van der Waals surface area contributed by atoms with Crippen LogP contribution >= 0.6 is 7.82 Å². The molecule has 0 aromatic rings. The molecule has 3 atom stereocenters. The fourth-order valence-electron chi connectivity index (χ4n) is 10.2. The number of likely N-dealkylation sites (N-methyl/N-ethyl adjacent to an activating group) is 1. The minimum Gasteiger partial charge on any atom is -0.756 e. The van der Waals surface area contributed by atoms with E-state index in [9.17, 15) is 19.4 Å². The van der Waals surface area contributed by atoms with Crippen LogP contribution < -0.4 is 10.2 Å². The van der Waals surface area contributed by atoms with Crippen LogP contribution in [0.2, 0.25) is 0 Å². The standard InChI is InChI=1S/C70H133N2O6P/c1-6-8-10-12-14-16-18-20-22-24-25-26-27-28-29-30-31-32-33-34-35-36-37-38-39-40-41-42-43-44-45-46-47-48-50-52-54-56-58-60-62-64-70(74)71-68(67-78-79(75,76)77-66-65-72(3,4)5)69(73)63-61-59-57-55-53-51-49-23-21-19-17-15-13-11-9-7-2/h8,10,14,16,20,22,25-26,28-29,68-69,73H,6-7,9,11-13,15,17-19,21,23-24,27,30-67H2,1-5H3,(H-,71,74,75,76)/b10-8-,16-14-,22-20-,26-25-,29-28-. The van der Waals surface area contributed by atoms with Gasteiger partial charge in [-0.2, -0.15) is 0 Å². The Kier molecular flexibility index (Phi) is 59.4. The molecule has 0 spiro atoms. The quantitative estimate of drug-likeness (QED) is 0.0272. The van der Waals surface area contributed by atoms with Gasteiger partial charge in [0.25, 0.3) is 7.82 Å². The van der Waals surface area contributed by atoms with Crippen molar-refractivity contribution in [3.63, 3.8) is 0 Å².